The summed E-state index contributed by atoms with van der Waals surface area (Å²) in [7, 11) is 0. The number of likely N-dealkylation sites (tertiary alicyclic amines) is 1. The van der Waals surface area contributed by atoms with E-state index in [2.05, 4.69) is 10.2 Å². The quantitative estimate of drug-likeness (QED) is 0.673. The van der Waals surface area contributed by atoms with Crippen LogP contribution >= 0.6 is 0 Å². The Morgan fingerprint density at radius 1 is 1.24 bits per heavy atom. The minimum atomic E-state index is -0.989. The Balaban J connectivity index is 2.25. The van der Waals surface area contributed by atoms with E-state index in [4.69, 9.17) is 0 Å². The Hall–Kier alpha value is -1.10. The zero-order valence-corrected chi connectivity index (χ0v) is 13.7. The first-order valence-corrected chi connectivity index (χ1v) is 8.08. The monoisotopic (exact) mass is 298 g/mol. The van der Waals surface area contributed by atoms with Crippen molar-refractivity contribution in [3.8, 4) is 0 Å². The summed E-state index contributed by atoms with van der Waals surface area (Å²) in [6.07, 6.45) is 4.85. The van der Waals surface area contributed by atoms with Crippen molar-refractivity contribution in [1.82, 2.24) is 10.2 Å². The molecule has 2 N–H and O–H groups in total. The summed E-state index contributed by atoms with van der Waals surface area (Å²) in [5, 5.41) is 12.2. The summed E-state index contributed by atoms with van der Waals surface area (Å²) in [5.74, 6) is -1.14. The first-order valence-electron chi connectivity index (χ1n) is 8.08. The van der Waals surface area contributed by atoms with E-state index < -0.39 is 11.4 Å². The number of rotatable bonds is 8. The van der Waals surface area contributed by atoms with Crippen molar-refractivity contribution in [3.63, 3.8) is 0 Å². The number of carboxylic acid groups (broad SMARTS) is 1. The fourth-order valence-electron chi connectivity index (χ4n) is 2.64. The first-order chi connectivity index (χ1) is 9.86. The summed E-state index contributed by atoms with van der Waals surface area (Å²) in [5.41, 5.74) is -0.989. The molecule has 0 aliphatic carbocycles. The molecule has 1 aliphatic heterocycles. The van der Waals surface area contributed by atoms with Crippen LogP contribution in [-0.4, -0.2) is 48.1 Å². The van der Waals surface area contributed by atoms with E-state index in [1.165, 1.54) is 32.4 Å². The summed E-state index contributed by atoms with van der Waals surface area (Å²) in [4.78, 5) is 25.7. The van der Waals surface area contributed by atoms with Gasteiger partial charge in [0.15, 0.2) is 0 Å². The number of carbonyl (C=O) groups is 2. The molecule has 1 amide bonds. The van der Waals surface area contributed by atoms with E-state index in [0.29, 0.717) is 6.54 Å². The zero-order valence-electron chi connectivity index (χ0n) is 13.7. The van der Waals surface area contributed by atoms with E-state index in [1.807, 2.05) is 13.8 Å². The van der Waals surface area contributed by atoms with Crippen molar-refractivity contribution >= 4 is 11.9 Å². The van der Waals surface area contributed by atoms with Crippen LogP contribution in [0.25, 0.3) is 0 Å². The van der Waals surface area contributed by atoms with Crippen LogP contribution in [0.4, 0.5) is 0 Å². The molecule has 1 saturated heterocycles. The van der Waals surface area contributed by atoms with Crippen molar-refractivity contribution in [2.75, 3.05) is 26.2 Å². The van der Waals surface area contributed by atoms with E-state index in [9.17, 15) is 14.7 Å². The molecule has 1 aliphatic rings. The number of amides is 1. The zero-order chi connectivity index (χ0) is 15.9. The maximum atomic E-state index is 11.9. The second-order valence-electron chi connectivity index (χ2n) is 6.66. The topological polar surface area (TPSA) is 69.6 Å². The van der Waals surface area contributed by atoms with Gasteiger partial charge in [0, 0.05) is 13.0 Å². The van der Waals surface area contributed by atoms with Gasteiger partial charge in [0.2, 0.25) is 5.91 Å². The third-order valence-corrected chi connectivity index (χ3v) is 4.71. The predicted molar refractivity (Wildman–Crippen MR) is 83.1 cm³/mol. The molecule has 0 spiro atoms. The van der Waals surface area contributed by atoms with E-state index in [0.717, 1.165) is 13.0 Å². The maximum absolute atomic E-state index is 11.9. The highest BCUT2D eigenvalue weighted by Crippen LogP contribution is 2.31. The Morgan fingerprint density at radius 2 is 1.86 bits per heavy atom. The highest BCUT2D eigenvalue weighted by molar-refractivity contribution is 5.84. The van der Waals surface area contributed by atoms with E-state index in [1.54, 1.807) is 6.92 Å². The fourth-order valence-corrected chi connectivity index (χ4v) is 2.64. The molecule has 122 valence electrons. The molecule has 1 fully saturated rings. The molecular weight excluding hydrogens is 268 g/mol. The molecule has 5 heteroatoms. The van der Waals surface area contributed by atoms with Gasteiger partial charge in [-0.15, -0.1) is 0 Å². The van der Waals surface area contributed by atoms with Crippen molar-refractivity contribution < 1.29 is 14.7 Å². The molecule has 1 rings (SSSR count). The van der Waals surface area contributed by atoms with Gasteiger partial charge in [-0.25, -0.2) is 0 Å². The summed E-state index contributed by atoms with van der Waals surface area (Å²) in [6, 6.07) is 0. The van der Waals surface area contributed by atoms with Crippen LogP contribution in [0.2, 0.25) is 0 Å². The van der Waals surface area contributed by atoms with Gasteiger partial charge in [0.05, 0.1) is 5.41 Å². The molecule has 0 aromatic heterocycles. The third kappa shape index (κ3) is 5.65. The molecule has 5 nitrogen and oxygen atoms in total. The molecule has 1 atom stereocenters. The van der Waals surface area contributed by atoms with Crippen LogP contribution in [0.5, 0.6) is 0 Å². The van der Waals surface area contributed by atoms with Gasteiger partial charge in [-0.1, -0.05) is 20.3 Å². The largest absolute Gasteiger partial charge is 0.481 e. The molecule has 0 radical (unpaired) electrons. The minimum Gasteiger partial charge on any atom is -0.481 e. The average Bonchev–Trinajstić information content (AvgIpc) is 2.44. The Labute approximate surface area is 128 Å². The lowest BCUT2D eigenvalue weighted by atomic mass is 9.76. The van der Waals surface area contributed by atoms with Crippen LogP contribution in [-0.2, 0) is 9.59 Å². The Kier molecular flexibility index (Phi) is 7.15. The summed E-state index contributed by atoms with van der Waals surface area (Å²) >= 11 is 0. The van der Waals surface area contributed by atoms with Crippen LogP contribution in [0.15, 0.2) is 0 Å². The van der Waals surface area contributed by atoms with Crippen molar-refractivity contribution in [3.05, 3.63) is 0 Å². The Morgan fingerprint density at radius 3 is 2.38 bits per heavy atom. The highest BCUT2D eigenvalue weighted by Gasteiger charge is 2.38. The van der Waals surface area contributed by atoms with Crippen LogP contribution < -0.4 is 5.32 Å². The normalized spacial score (nSPS) is 19.2. The fraction of sp³-hybridized carbons (Fsp3) is 0.875. The lowest BCUT2D eigenvalue weighted by Gasteiger charge is -2.28. The van der Waals surface area contributed by atoms with Gasteiger partial charge in [-0.2, -0.15) is 0 Å². The minimum absolute atomic E-state index is 0.0454. The van der Waals surface area contributed by atoms with Crippen LogP contribution in [0.3, 0.4) is 0 Å². The average molecular weight is 298 g/mol. The second-order valence-corrected chi connectivity index (χ2v) is 6.66. The number of nitrogens with zero attached hydrogens (tertiary/aromatic N) is 1. The number of hydrogen-bond donors (Lipinski definition) is 2. The SMILES string of the molecule is CC(C)C(C)(CC(=O)NCCCN1CCCCC1)C(=O)O. The predicted octanol–water partition coefficient (Wildman–Crippen LogP) is 2.12. The lowest BCUT2D eigenvalue weighted by molar-refractivity contribution is -0.153. The van der Waals surface area contributed by atoms with Gasteiger partial charge in [0.1, 0.15) is 0 Å². The van der Waals surface area contributed by atoms with Crippen molar-refractivity contribution in [2.45, 2.75) is 52.9 Å². The van der Waals surface area contributed by atoms with Crippen LogP contribution in [0.1, 0.15) is 52.9 Å². The van der Waals surface area contributed by atoms with Gasteiger partial charge in [0.25, 0.3) is 0 Å². The van der Waals surface area contributed by atoms with Crippen molar-refractivity contribution in [2.24, 2.45) is 11.3 Å². The number of carboxylic acids is 1. The first kappa shape index (κ1) is 18.0. The number of nitrogens with one attached hydrogen (secondary N) is 1. The van der Waals surface area contributed by atoms with E-state index in [-0.39, 0.29) is 18.2 Å². The lowest BCUT2D eigenvalue weighted by Crippen LogP contribution is -2.40. The molecule has 1 heterocycles. The standard InChI is InChI=1S/C16H30N2O3/c1-13(2)16(3,15(20)21)12-14(19)17-8-7-11-18-9-5-4-6-10-18/h13H,4-12H2,1-3H3,(H,17,19)(H,20,21). The number of carbonyl (C=O) groups excluding carboxylic acids is 1. The molecular formula is C16H30N2O3. The van der Waals surface area contributed by atoms with Crippen molar-refractivity contribution in [1.29, 1.82) is 0 Å². The smallest absolute Gasteiger partial charge is 0.310 e. The van der Waals surface area contributed by atoms with Gasteiger partial charge in [-0.3, -0.25) is 9.59 Å². The Bertz CT molecular complexity index is 351. The molecule has 0 aromatic carbocycles. The highest BCUT2D eigenvalue weighted by atomic mass is 16.4. The molecule has 0 aromatic rings. The second kappa shape index (κ2) is 8.37. The summed E-state index contributed by atoms with van der Waals surface area (Å²) in [6.45, 7) is 9.31. The maximum Gasteiger partial charge on any atom is 0.310 e. The molecule has 21 heavy (non-hydrogen) atoms. The molecule has 0 bridgehead atoms. The molecule has 1 unspecified atom stereocenters. The van der Waals surface area contributed by atoms with Gasteiger partial charge < -0.3 is 15.3 Å². The van der Waals surface area contributed by atoms with Gasteiger partial charge in [-0.05, 0) is 51.7 Å². The number of hydrogen-bond acceptors (Lipinski definition) is 3. The van der Waals surface area contributed by atoms with Gasteiger partial charge >= 0.3 is 5.97 Å². The molecule has 0 saturated carbocycles. The number of aliphatic carboxylic acids is 1. The summed E-state index contributed by atoms with van der Waals surface area (Å²) < 4.78 is 0. The third-order valence-electron chi connectivity index (χ3n) is 4.71. The van der Waals surface area contributed by atoms with Crippen LogP contribution in [0, 0.1) is 11.3 Å². The van der Waals surface area contributed by atoms with E-state index >= 15 is 0 Å². The number of piperidine rings is 1.